The number of allylic oxidation sites excluding steroid dienone is 1. The summed E-state index contributed by atoms with van der Waals surface area (Å²) >= 11 is 0. The Hall–Kier alpha value is -3.43. The summed E-state index contributed by atoms with van der Waals surface area (Å²) in [5.41, 5.74) is -1.53. The van der Waals surface area contributed by atoms with Crippen LogP contribution in [0.15, 0.2) is 36.4 Å². The predicted molar refractivity (Wildman–Crippen MR) is 130 cm³/mol. The van der Waals surface area contributed by atoms with Crippen molar-refractivity contribution in [3.05, 3.63) is 53.1 Å². The summed E-state index contributed by atoms with van der Waals surface area (Å²) in [6, 6.07) is 7.15. The van der Waals surface area contributed by atoms with E-state index in [2.05, 4.69) is 0 Å². The summed E-state index contributed by atoms with van der Waals surface area (Å²) in [7, 11) is 4.59. The molecule has 9 heteroatoms. The number of cyclic esters (lactones) is 1. The average Bonchev–Trinajstić information content (AvgIpc) is 3.54. The van der Waals surface area contributed by atoms with E-state index in [0.29, 0.717) is 52.7 Å². The number of benzene rings is 2. The standard InChI is InChI=1S/C28H30O9/c1-32-21-9-15(10-22(33-2)25(21)34-3)23-16-11-19-20(37-14-36-19)12-17(16)28(31,18-13-35-26(29)24(18)23)27(30)7-5-4-6-8-27/h5,7,9-12,18,23-24,30-31H,4,6,8,13-14H2,1-3H3/t18-,23+,24-,27?,28+/m0/s1. The van der Waals surface area contributed by atoms with Crippen LogP contribution in [0.4, 0.5) is 0 Å². The van der Waals surface area contributed by atoms with Crippen molar-refractivity contribution in [1.82, 2.24) is 0 Å². The van der Waals surface area contributed by atoms with Crippen LogP contribution in [0.3, 0.4) is 0 Å². The SMILES string of the molecule is COc1cc([C@@H]2c3cc4c(cc3[C@](O)(C3(O)C=CCCC3)[C@H]3COC(=O)[C@H]23)OCO4)cc(OC)c1OC. The predicted octanol–water partition coefficient (Wildman–Crippen LogP) is 3.03. The van der Waals surface area contributed by atoms with Crippen molar-refractivity contribution >= 4 is 5.97 Å². The molecule has 6 rings (SSSR count). The summed E-state index contributed by atoms with van der Waals surface area (Å²) in [5.74, 6) is -0.177. The van der Waals surface area contributed by atoms with Crippen LogP contribution in [0, 0.1) is 11.8 Å². The first kappa shape index (κ1) is 23.9. The molecule has 2 N–H and O–H groups in total. The first-order valence-corrected chi connectivity index (χ1v) is 12.4. The second-order valence-corrected chi connectivity index (χ2v) is 9.98. The molecular weight excluding hydrogens is 480 g/mol. The van der Waals surface area contributed by atoms with E-state index in [4.69, 9.17) is 28.4 Å². The molecule has 2 aliphatic heterocycles. The molecule has 1 fully saturated rings. The van der Waals surface area contributed by atoms with Gasteiger partial charge in [0, 0.05) is 11.8 Å². The fourth-order valence-electron chi connectivity index (χ4n) is 6.61. The zero-order valence-electron chi connectivity index (χ0n) is 21.0. The first-order chi connectivity index (χ1) is 17.9. The van der Waals surface area contributed by atoms with E-state index >= 15 is 0 Å². The van der Waals surface area contributed by atoms with Gasteiger partial charge in [-0.2, -0.15) is 0 Å². The Bertz CT molecular complexity index is 1260. The summed E-state index contributed by atoms with van der Waals surface area (Å²) < 4.78 is 33.6. The molecule has 4 aliphatic rings. The molecule has 0 amide bonds. The van der Waals surface area contributed by atoms with Crippen molar-refractivity contribution in [3.63, 3.8) is 0 Å². The molecule has 5 atom stereocenters. The zero-order valence-corrected chi connectivity index (χ0v) is 21.0. The maximum absolute atomic E-state index is 13.4. The van der Waals surface area contributed by atoms with Crippen LogP contribution in [0.2, 0.25) is 0 Å². The third kappa shape index (κ3) is 3.26. The largest absolute Gasteiger partial charge is 0.493 e. The van der Waals surface area contributed by atoms with E-state index in [0.717, 1.165) is 12.0 Å². The van der Waals surface area contributed by atoms with Gasteiger partial charge >= 0.3 is 5.97 Å². The molecule has 2 aromatic carbocycles. The van der Waals surface area contributed by atoms with Gasteiger partial charge in [-0.25, -0.2) is 0 Å². The molecule has 2 aliphatic carbocycles. The number of ether oxygens (including phenoxy) is 6. The highest BCUT2D eigenvalue weighted by atomic mass is 16.7. The number of rotatable bonds is 5. The Labute approximate surface area is 214 Å². The molecule has 37 heavy (non-hydrogen) atoms. The van der Waals surface area contributed by atoms with Crippen molar-refractivity contribution in [3.8, 4) is 28.7 Å². The highest BCUT2D eigenvalue weighted by Crippen LogP contribution is 2.61. The van der Waals surface area contributed by atoms with Gasteiger partial charge in [0.2, 0.25) is 12.5 Å². The van der Waals surface area contributed by atoms with Gasteiger partial charge in [-0.05, 0) is 60.2 Å². The molecule has 2 heterocycles. The third-order valence-electron chi connectivity index (χ3n) is 8.33. The summed E-state index contributed by atoms with van der Waals surface area (Å²) in [4.78, 5) is 13.4. The number of carbonyl (C=O) groups is 1. The van der Waals surface area contributed by atoms with Crippen molar-refractivity contribution in [2.24, 2.45) is 11.8 Å². The van der Waals surface area contributed by atoms with Crippen LogP contribution in [-0.4, -0.2) is 56.5 Å². The fraction of sp³-hybridized carbons (Fsp3) is 0.464. The Morgan fingerprint density at radius 1 is 0.946 bits per heavy atom. The van der Waals surface area contributed by atoms with Crippen molar-refractivity contribution in [2.45, 2.75) is 36.4 Å². The average molecular weight is 511 g/mol. The van der Waals surface area contributed by atoms with Crippen molar-refractivity contribution in [1.29, 1.82) is 0 Å². The number of methoxy groups -OCH3 is 3. The molecule has 0 radical (unpaired) electrons. The topological polar surface area (TPSA) is 113 Å². The van der Waals surface area contributed by atoms with Gasteiger partial charge in [-0.15, -0.1) is 0 Å². The van der Waals surface area contributed by atoms with Gasteiger partial charge < -0.3 is 38.6 Å². The van der Waals surface area contributed by atoms with E-state index in [1.807, 2.05) is 18.2 Å². The van der Waals surface area contributed by atoms with Crippen LogP contribution in [0.1, 0.15) is 41.9 Å². The summed E-state index contributed by atoms with van der Waals surface area (Å²) in [6.45, 7) is 0.0233. The minimum Gasteiger partial charge on any atom is -0.493 e. The number of esters is 1. The molecule has 0 spiro atoms. The third-order valence-corrected chi connectivity index (χ3v) is 8.33. The monoisotopic (exact) mass is 510 g/mol. The van der Waals surface area contributed by atoms with Crippen LogP contribution in [0.5, 0.6) is 28.7 Å². The molecule has 9 nitrogen and oxygen atoms in total. The Balaban J connectivity index is 1.64. The molecule has 0 saturated carbocycles. The highest BCUT2D eigenvalue weighted by molar-refractivity contribution is 5.79. The van der Waals surface area contributed by atoms with E-state index < -0.39 is 34.9 Å². The lowest BCUT2D eigenvalue weighted by Gasteiger charge is -2.52. The zero-order chi connectivity index (χ0) is 25.9. The maximum Gasteiger partial charge on any atom is 0.310 e. The van der Waals surface area contributed by atoms with Gasteiger partial charge in [0.1, 0.15) is 11.2 Å². The molecule has 1 saturated heterocycles. The van der Waals surface area contributed by atoms with Crippen LogP contribution in [-0.2, 0) is 15.1 Å². The minimum atomic E-state index is -1.80. The van der Waals surface area contributed by atoms with E-state index in [-0.39, 0.29) is 13.4 Å². The van der Waals surface area contributed by atoms with Crippen molar-refractivity contribution in [2.75, 3.05) is 34.7 Å². The summed E-state index contributed by atoms with van der Waals surface area (Å²) in [6.07, 6.45) is 5.42. The van der Waals surface area contributed by atoms with Gasteiger partial charge in [0.15, 0.2) is 23.0 Å². The Morgan fingerprint density at radius 3 is 2.27 bits per heavy atom. The molecule has 0 aromatic heterocycles. The van der Waals surface area contributed by atoms with Crippen LogP contribution < -0.4 is 23.7 Å². The number of fused-ring (bicyclic) bond motifs is 3. The second kappa shape index (κ2) is 8.56. The van der Waals surface area contributed by atoms with E-state index in [1.54, 1.807) is 18.2 Å². The lowest BCUT2D eigenvalue weighted by molar-refractivity contribution is -0.182. The number of hydrogen-bond acceptors (Lipinski definition) is 9. The lowest BCUT2D eigenvalue weighted by atomic mass is 9.55. The first-order valence-electron chi connectivity index (χ1n) is 12.4. The van der Waals surface area contributed by atoms with Crippen LogP contribution in [0.25, 0.3) is 0 Å². The minimum absolute atomic E-state index is 0.0229. The fourth-order valence-corrected chi connectivity index (χ4v) is 6.61. The van der Waals surface area contributed by atoms with Gasteiger partial charge in [0.25, 0.3) is 0 Å². The maximum atomic E-state index is 13.4. The number of aliphatic hydroxyl groups is 2. The van der Waals surface area contributed by atoms with E-state index in [1.165, 1.54) is 21.3 Å². The molecule has 2 aromatic rings. The molecule has 196 valence electrons. The smallest absolute Gasteiger partial charge is 0.310 e. The number of carbonyl (C=O) groups excluding carboxylic acids is 1. The molecule has 1 unspecified atom stereocenters. The number of hydrogen-bond donors (Lipinski definition) is 2. The summed E-state index contributed by atoms with van der Waals surface area (Å²) in [5, 5.41) is 24.5. The normalized spacial score (nSPS) is 31.4. The Morgan fingerprint density at radius 2 is 1.65 bits per heavy atom. The highest BCUT2D eigenvalue weighted by Gasteiger charge is 2.65. The molecule has 0 bridgehead atoms. The van der Waals surface area contributed by atoms with Crippen LogP contribution >= 0.6 is 0 Å². The lowest BCUT2D eigenvalue weighted by Crippen LogP contribution is -2.60. The second-order valence-electron chi connectivity index (χ2n) is 9.98. The van der Waals surface area contributed by atoms with E-state index in [9.17, 15) is 15.0 Å². The van der Waals surface area contributed by atoms with Gasteiger partial charge in [-0.3, -0.25) is 4.79 Å². The quantitative estimate of drug-likeness (QED) is 0.463. The van der Waals surface area contributed by atoms with Gasteiger partial charge in [0.05, 0.1) is 33.9 Å². The van der Waals surface area contributed by atoms with Gasteiger partial charge in [-0.1, -0.05) is 12.2 Å². The van der Waals surface area contributed by atoms with Crippen molar-refractivity contribution < 1.29 is 43.4 Å². The Kier molecular flexibility index (Phi) is 5.54. The molecular formula is C28H30O9.